The summed E-state index contributed by atoms with van der Waals surface area (Å²) >= 11 is 0. The van der Waals surface area contributed by atoms with Crippen LogP contribution in [0.15, 0.2) is 54.6 Å². The molecule has 4 bridgehead atoms. The lowest BCUT2D eigenvalue weighted by Crippen LogP contribution is -2.61. The SMILES string of the molecule is NC1C(=O)N(c2ccccc2)c2ccccc2N(C2C3CC4CC(C3)CC2C4)C1=O. The van der Waals surface area contributed by atoms with Gasteiger partial charge in [0.2, 0.25) is 0 Å². The number of carbonyl (C=O) groups excluding carboxylic acids is 2. The van der Waals surface area contributed by atoms with E-state index >= 15 is 0 Å². The van der Waals surface area contributed by atoms with E-state index in [9.17, 15) is 9.59 Å². The predicted octanol–water partition coefficient (Wildman–Crippen LogP) is 3.85. The Morgan fingerprint density at radius 2 is 1.27 bits per heavy atom. The summed E-state index contributed by atoms with van der Waals surface area (Å²) < 4.78 is 0. The smallest absolute Gasteiger partial charge is 0.258 e. The van der Waals surface area contributed by atoms with Crippen LogP contribution in [0.4, 0.5) is 17.1 Å². The van der Waals surface area contributed by atoms with E-state index in [1.165, 1.54) is 32.1 Å². The Labute approximate surface area is 176 Å². The van der Waals surface area contributed by atoms with Gasteiger partial charge < -0.3 is 10.6 Å². The van der Waals surface area contributed by atoms with Crippen LogP contribution in [0.1, 0.15) is 32.1 Å². The van der Waals surface area contributed by atoms with E-state index in [0.29, 0.717) is 11.8 Å². The van der Waals surface area contributed by atoms with Crippen molar-refractivity contribution in [1.82, 2.24) is 0 Å². The van der Waals surface area contributed by atoms with Crippen molar-refractivity contribution >= 4 is 28.9 Å². The van der Waals surface area contributed by atoms with Crippen LogP contribution in [0.5, 0.6) is 0 Å². The highest BCUT2D eigenvalue weighted by molar-refractivity contribution is 6.22. The number of nitrogens with two attached hydrogens (primary N) is 1. The van der Waals surface area contributed by atoms with Crippen LogP contribution >= 0.6 is 0 Å². The molecule has 1 unspecified atom stereocenters. The van der Waals surface area contributed by atoms with Crippen molar-refractivity contribution in [3.63, 3.8) is 0 Å². The van der Waals surface area contributed by atoms with Gasteiger partial charge in [0.15, 0.2) is 6.04 Å². The molecule has 0 saturated heterocycles. The van der Waals surface area contributed by atoms with Gasteiger partial charge >= 0.3 is 0 Å². The molecule has 4 aliphatic carbocycles. The maximum Gasteiger partial charge on any atom is 0.258 e. The Kier molecular flexibility index (Phi) is 4.03. The van der Waals surface area contributed by atoms with Crippen molar-refractivity contribution in [1.29, 1.82) is 0 Å². The van der Waals surface area contributed by atoms with Crippen molar-refractivity contribution in [3.8, 4) is 0 Å². The number of anilines is 3. The topological polar surface area (TPSA) is 66.6 Å². The fraction of sp³-hybridized carbons (Fsp3) is 0.440. The molecule has 0 spiro atoms. The van der Waals surface area contributed by atoms with E-state index in [4.69, 9.17) is 5.73 Å². The Hall–Kier alpha value is -2.66. The zero-order valence-corrected chi connectivity index (χ0v) is 17.0. The molecule has 1 atom stereocenters. The summed E-state index contributed by atoms with van der Waals surface area (Å²) in [6, 6.07) is 16.3. The van der Waals surface area contributed by atoms with Crippen molar-refractivity contribution in [2.24, 2.45) is 29.4 Å². The first-order chi connectivity index (χ1) is 14.6. The second kappa shape index (κ2) is 6.67. The van der Waals surface area contributed by atoms with Crippen molar-refractivity contribution < 1.29 is 9.59 Å². The molecule has 0 aromatic heterocycles. The highest BCUT2D eigenvalue weighted by atomic mass is 16.2. The predicted molar refractivity (Wildman–Crippen MR) is 116 cm³/mol. The van der Waals surface area contributed by atoms with Crippen LogP contribution in [-0.2, 0) is 9.59 Å². The Bertz CT molecular complexity index is 976. The lowest BCUT2D eigenvalue weighted by Gasteiger charge is -2.57. The van der Waals surface area contributed by atoms with Gasteiger partial charge in [-0.05, 0) is 80.0 Å². The van der Waals surface area contributed by atoms with Crippen molar-refractivity contribution in [2.75, 3.05) is 9.80 Å². The average Bonchev–Trinajstić information content (AvgIpc) is 2.83. The summed E-state index contributed by atoms with van der Waals surface area (Å²) in [5, 5.41) is 0. The first-order valence-corrected chi connectivity index (χ1v) is 11.2. The number of hydrogen-bond donors (Lipinski definition) is 1. The quantitative estimate of drug-likeness (QED) is 0.778. The molecule has 7 rings (SSSR count). The Morgan fingerprint density at radius 1 is 0.700 bits per heavy atom. The van der Waals surface area contributed by atoms with Gasteiger partial charge in [-0.3, -0.25) is 14.5 Å². The first kappa shape index (κ1) is 18.1. The molecular weight excluding hydrogens is 374 g/mol. The highest BCUT2D eigenvalue weighted by Gasteiger charge is 2.53. The summed E-state index contributed by atoms with van der Waals surface area (Å²) in [7, 11) is 0. The van der Waals surface area contributed by atoms with Gasteiger partial charge in [0.05, 0.1) is 11.4 Å². The first-order valence-electron chi connectivity index (χ1n) is 11.2. The van der Waals surface area contributed by atoms with Gasteiger partial charge in [0, 0.05) is 11.7 Å². The van der Waals surface area contributed by atoms with E-state index in [-0.39, 0.29) is 17.9 Å². The van der Waals surface area contributed by atoms with E-state index in [1.807, 2.05) is 59.5 Å². The molecule has 1 aliphatic heterocycles. The van der Waals surface area contributed by atoms with E-state index < -0.39 is 6.04 Å². The van der Waals surface area contributed by atoms with Crippen LogP contribution < -0.4 is 15.5 Å². The molecule has 2 N–H and O–H groups in total. The maximum atomic E-state index is 13.7. The van der Waals surface area contributed by atoms with Gasteiger partial charge in [0.25, 0.3) is 11.8 Å². The third-order valence-corrected chi connectivity index (χ3v) is 7.86. The molecule has 4 fully saturated rings. The number of hydrogen-bond acceptors (Lipinski definition) is 3. The number of carbonyl (C=O) groups is 2. The summed E-state index contributed by atoms with van der Waals surface area (Å²) in [6.45, 7) is 0. The monoisotopic (exact) mass is 401 g/mol. The average molecular weight is 402 g/mol. The number of nitrogens with zero attached hydrogens (tertiary/aromatic N) is 2. The van der Waals surface area contributed by atoms with Gasteiger partial charge in [-0.1, -0.05) is 30.3 Å². The van der Waals surface area contributed by atoms with E-state index in [2.05, 4.69) is 0 Å². The molecule has 2 aromatic carbocycles. The van der Waals surface area contributed by atoms with Gasteiger partial charge in [-0.15, -0.1) is 0 Å². The summed E-state index contributed by atoms with van der Waals surface area (Å²) in [5.41, 5.74) is 8.65. The number of amides is 2. The largest absolute Gasteiger partial charge is 0.312 e. The Balaban J connectivity index is 1.50. The molecule has 30 heavy (non-hydrogen) atoms. The number of benzene rings is 2. The fourth-order valence-corrected chi connectivity index (χ4v) is 6.96. The van der Waals surface area contributed by atoms with E-state index in [0.717, 1.165) is 28.9 Å². The minimum Gasteiger partial charge on any atom is -0.312 e. The summed E-state index contributed by atoms with van der Waals surface area (Å²) in [6.07, 6.45) is 6.18. The van der Waals surface area contributed by atoms with Gasteiger partial charge in [-0.2, -0.15) is 0 Å². The molecule has 5 heteroatoms. The summed E-state index contributed by atoms with van der Waals surface area (Å²) in [5.74, 6) is 2.07. The lowest BCUT2D eigenvalue weighted by atomic mass is 9.53. The fourth-order valence-electron chi connectivity index (χ4n) is 6.96. The third-order valence-electron chi connectivity index (χ3n) is 7.86. The molecule has 154 valence electrons. The minimum absolute atomic E-state index is 0.154. The standard InChI is InChI=1S/C25H27N3O2/c26-22-24(29)27(19-6-2-1-3-7-19)20-8-4-5-9-21(20)28(25(22)30)23-17-11-15-10-16(13-17)14-18(23)12-15/h1-9,15-18,22-23H,10-14,26H2. The number of rotatable bonds is 2. The molecule has 5 aliphatic rings. The van der Waals surface area contributed by atoms with Crippen molar-refractivity contribution in [3.05, 3.63) is 54.6 Å². The van der Waals surface area contributed by atoms with Crippen LogP contribution in [-0.4, -0.2) is 23.9 Å². The molecule has 4 saturated carbocycles. The van der Waals surface area contributed by atoms with Crippen LogP contribution in [0, 0.1) is 23.7 Å². The normalized spacial score (nSPS) is 34.8. The zero-order valence-electron chi connectivity index (χ0n) is 17.0. The second-order valence-electron chi connectivity index (χ2n) is 9.61. The molecule has 2 amide bonds. The molecule has 0 radical (unpaired) electrons. The Morgan fingerprint density at radius 3 is 1.90 bits per heavy atom. The molecule has 1 heterocycles. The molecular formula is C25H27N3O2. The molecule has 2 aromatic rings. The van der Waals surface area contributed by atoms with Crippen LogP contribution in [0.3, 0.4) is 0 Å². The lowest BCUT2D eigenvalue weighted by molar-refractivity contribution is -0.129. The van der Waals surface area contributed by atoms with Crippen LogP contribution in [0.25, 0.3) is 0 Å². The van der Waals surface area contributed by atoms with Gasteiger partial charge in [-0.25, -0.2) is 0 Å². The number of para-hydroxylation sites is 3. The molecule has 5 nitrogen and oxygen atoms in total. The van der Waals surface area contributed by atoms with Gasteiger partial charge in [0.1, 0.15) is 0 Å². The zero-order chi connectivity index (χ0) is 20.4. The second-order valence-corrected chi connectivity index (χ2v) is 9.61. The van der Waals surface area contributed by atoms with Crippen molar-refractivity contribution in [2.45, 2.75) is 44.2 Å². The number of fused-ring (bicyclic) bond motifs is 1. The van der Waals surface area contributed by atoms with Crippen LogP contribution in [0.2, 0.25) is 0 Å². The van der Waals surface area contributed by atoms with E-state index in [1.54, 1.807) is 4.90 Å². The third kappa shape index (κ3) is 2.58. The maximum absolute atomic E-state index is 13.7. The minimum atomic E-state index is -1.19. The highest BCUT2D eigenvalue weighted by Crippen LogP contribution is 2.56. The summed E-state index contributed by atoms with van der Waals surface area (Å²) in [4.78, 5) is 30.6.